The zero-order valence-corrected chi connectivity index (χ0v) is 16.5. The third-order valence-corrected chi connectivity index (χ3v) is 5.53. The molecule has 2 N–H and O–H groups in total. The minimum Gasteiger partial charge on any atom is -0.387 e. The van der Waals surface area contributed by atoms with E-state index in [2.05, 4.69) is 5.92 Å². The Kier molecular flexibility index (Phi) is 5.98. The smallest absolute Gasteiger partial charge is 0.146 e. The lowest BCUT2D eigenvalue weighted by Crippen LogP contribution is -2.39. The Morgan fingerprint density at radius 2 is 1.20 bits per heavy atom. The Bertz CT molecular complexity index is 885. The number of aliphatic hydroxyl groups excluding tert-OH is 2. The number of hydrogen-bond acceptors (Lipinski definition) is 4. The molecule has 0 saturated carbocycles. The van der Waals surface area contributed by atoms with Gasteiger partial charge < -0.3 is 19.7 Å². The van der Waals surface area contributed by atoms with Crippen molar-refractivity contribution in [2.24, 2.45) is 0 Å². The van der Waals surface area contributed by atoms with Gasteiger partial charge in [-0.05, 0) is 16.7 Å². The van der Waals surface area contributed by atoms with Gasteiger partial charge in [0, 0.05) is 0 Å². The molecule has 30 heavy (non-hydrogen) atoms. The van der Waals surface area contributed by atoms with Gasteiger partial charge in [-0.25, -0.2) is 0 Å². The highest BCUT2D eigenvalue weighted by Gasteiger charge is 2.45. The summed E-state index contributed by atoms with van der Waals surface area (Å²) in [5.41, 5.74) is 1.92. The number of aliphatic hydroxyl groups is 2. The fraction of sp³-hybridized carbons (Fsp3) is 0.231. The highest BCUT2D eigenvalue weighted by atomic mass is 16.6. The van der Waals surface area contributed by atoms with Gasteiger partial charge in [-0.2, -0.15) is 0 Å². The number of hydrogen-bond donors (Lipinski definition) is 2. The van der Waals surface area contributed by atoms with Crippen molar-refractivity contribution in [2.75, 3.05) is 6.61 Å². The molecule has 1 saturated heterocycles. The molecule has 4 atom stereocenters. The Morgan fingerprint density at radius 1 is 0.767 bits per heavy atom. The number of rotatable bonds is 6. The average Bonchev–Trinajstić information content (AvgIpc) is 3.09. The Morgan fingerprint density at radius 3 is 1.57 bits per heavy atom. The Hall–Kier alpha value is -2.94. The van der Waals surface area contributed by atoms with Crippen LogP contribution in [-0.2, 0) is 15.1 Å². The van der Waals surface area contributed by atoms with E-state index < -0.39 is 30.0 Å². The molecule has 0 radical (unpaired) electrons. The third kappa shape index (κ3) is 3.65. The molecule has 0 aromatic heterocycles. The van der Waals surface area contributed by atoms with Gasteiger partial charge in [0.2, 0.25) is 0 Å². The van der Waals surface area contributed by atoms with Gasteiger partial charge in [-0.1, -0.05) is 96.9 Å². The highest BCUT2D eigenvalue weighted by Crippen LogP contribution is 2.41. The number of ether oxygens (including phenoxy) is 2. The summed E-state index contributed by atoms with van der Waals surface area (Å²) in [6.07, 6.45) is 1.57. The second kappa shape index (κ2) is 8.83. The summed E-state index contributed by atoms with van der Waals surface area (Å²) in [4.78, 5) is 0. The van der Waals surface area contributed by atoms with E-state index in [9.17, 15) is 10.2 Å². The summed E-state index contributed by atoms with van der Waals surface area (Å²) in [7, 11) is 0. The van der Waals surface area contributed by atoms with Crippen molar-refractivity contribution in [3.8, 4) is 12.3 Å². The first-order valence-corrected chi connectivity index (χ1v) is 9.95. The fourth-order valence-electron chi connectivity index (χ4n) is 4.00. The zero-order chi connectivity index (χ0) is 21.0. The highest BCUT2D eigenvalue weighted by molar-refractivity contribution is 5.47. The van der Waals surface area contributed by atoms with Gasteiger partial charge in [-0.3, -0.25) is 0 Å². The van der Waals surface area contributed by atoms with E-state index in [1.165, 1.54) is 0 Å². The molecule has 3 aromatic rings. The van der Waals surface area contributed by atoms with Crippen molar-refractivity contribution < 1.29 is 19.7 Å². The van der Waals surface area contributed by atoms with Crippen LogP contribution in [0.1, 0.15) is 16.7 Å². The fourth-order valence-corrected chi connectivity index (χ4v) is 4.00. The molecule has 4 nitrogen and oxygen atoms in total. The monoisotopic (exact) mass is 400 g/mol. The maximum atomic E-state index is 10.4. The van der Waals surface area contributed by atoms with Gasteiger partial charge in [-0.15, -0.1) is 6.42 Å². The lowest BCUT2D eigenvalue weighted by Gasteiger charge is -2.37. The van der Waals surface area contributed by atoms with Gasteiger partial charge in [0.1, 0.15) is 30.0 Å². The molecule has 0 unspecified atom stereocenters. The van der Waals surface area contributed by atoms with Crippen molar-refractivity contribution in [1.82, 2.24) is 0 Å². The molecule has 1 aliphatic heterocycles. The van der Waals surface area contributed by atoms with E-state index in [0.29, 0.717) is 0 Å². The number of terminal acetylenes is 1. The molecule has 1 aliphatic rings. The molecular formula is C26H24O4. The maximum absolute atomic E-state index is 10.4. The summed E-state index contributed by atoms with van der Waals surface area (Å²) < 4.78 is 12.3. The summed E-state index contributed by atoms with van der Waals surface area (Å²) in [5.74, 6) is 2.38. The van der Waals surface area contributed by atoms with Crippen LogP contribution in [0.15, 0.2) is 91.0 Å². The molecule has 0 amide bonds. The molecule has 152 valence electrons. The number of benzene rings is 3. The molecule has 0 bridgehead atoms. The second-order valence-electron chi connectivity index (χ2n) is 7.33. The largest absolute Gasteiger partial charge is 0.387 e. The molecule has 4 heteroatoms. The van der Waals surface area contributed by atoms with Gasteiger partial charge in [0.25, 0.3) is 0 Å². The standard InChI is InChI=1S/C26H24O4/c1-2-22-24(27)25(28)23(30-22)18-29-26(19-12-6-3-7-13-19,20-14-8-4-9-15-20)21-16-10-5-11-17-21/h1,3-17,22-25,27-28H,18H2/t22-,23-,24-,25+/m1/s1. The van der Waals surface area contributed by atoms with Crippen LogP contribution in [0.25, 0.3) is 0 Å². The summed E-state index contributed by atoms with van der Waals surface area (Å²) in [5, 5.41) is 20.6. The molecule has 4 rings (SSSR count). The van der Waals surface area contributed by atoms with Crippen LogP contribution >= 0.6 is 0 Å². The lowest BCUT2D eigenvalue weighted by atomic mass is 9.80. The zero-order valence-electron chi connectivity index (χ0n) is 16.5. The van der Waals surface area contributed by atoms with Crippen LogP contribution in [0.5, 0.6) is 0 Å². The molecule has 3 aromatic carbocycles. The SMILES string of the molecule is C#C[C@H]1O[C@H](COC(c2ccccc2)(c2ccccc2)c2ccccc2)[C@H](O)[C@@H]1O. The van der Waals surface area contributed by atoms with Crippen LogP contribution in [0.2, 0.25) is 0 Å². The van der Waals surface area contributed by atoms with Crippen LogP contribution in [0, 0.1) is 12.3 Å². The van der Waals surface area contributed by atoms with E-state index in [1.54, 1.807) is 0 Å². The van der Waals surface area contributed by atoms with Crippen molar-refractivity contribution in [3.05, 3.63) is 108 Å². The van der Waals surface area contributed by atoms with Crippen LogP contribution in [0.3, 0.4) is 0 Å². The van der Waals surface area contributed by atoms with Gasteiger partial charge in [0.05, 0.1) is 6.61 Å². The second-order valence-corrected chi connectivity index (χ2v) is 7.33. The van der Waals surface area contributed by atoms with Crippen molar-refractivity contribution >= 4 is 0 Å². The molecule has 0 spiro atoms. The molecule has 1 fully saturated rings. The first-order chi connectivity index (χ1) is 14.7. The van der Waals surface area contributed by atoms with E-state index >= 15 is 0 Å². The Balaban J connectivity index is 1.79. The third-order valence-electron chi connectivity index (χ3n) is 5.53. The first kappa shape index (κ1) is 20.3. The summed E-state index contributed by atoms with van der Waals surface area (Å²) >= 11 is 0. The van der Waals surface area contributed by atoms with Gasteiger partial charge in [0.15, 0.2) is 0 Å². The van der Waals surface area contributed by atoms with E-state index in [-0.39, 0.29) is 6.61 Å². The predicted octanol–water partition coefficient (Wildman–Crippen LogP) is 3.12. The summed E-state index contributed by atoms with van der Waals surface area (Å²) in [6.45, 7) is 0.0507. The lowest BCUT2D eigenvalue weighted by molar-refractivity contribution is -0.0768. The van der Waals surface area contributed by atoms with Crippen LogP contribution < -0.4 is 0 Å². The topological polar surface area (TPSA) is 58.9 Å². The van der Waals surface area contributed by atoms with Crippen molar-refractivity contribution in [2.45, 2.75) is 30.0 Å². The normalized spacial score (nSPS) is 23.8. The maximum Gasteiger partial charge on any atom is 0.146 e. The van der Waals surface area contributed by atoms with Crippen LogP contribution in [0.4, 0.5) is 0 Å². The van der Waals surface area contributed by atoms with E-state index in [1.807, 2.05) is 91.0 Å². The predicted molar refractivity (Wildman–Crippen MR) is 115 cm³/mol. The molecule has 1 heterocycles. The quantitative estimate of drug-likeness (QED) is 0.493. The van der Waals surface area contributed by atoms with Gasteiger partial charge >= 0.3 is 0 Å². The van der Waals surface area contributed by atoms with Crippen LogP contribution in [-0.4, -0.2) is 41.2 Å². The molecule has 0 aliphatic carbocycles. The Labute approximate surface area is 176 Å². The first-order valence-electron chi connectivity index (χ1n) is 9.95. The average molecular weight is 400 g/mol. The van der Waals surface area contributed by atoms with E-state index in [4.69, 9.17) is 15.9 Å². The van der Waals surface area contributed by atoms with Crippen molar-refractivity contribution in [1.29, 1.82) is 0 Å². The van der Waals surface area contributed by atoms with E-state index in [0.717, 1.165) is 16.7 Å². The summed E-state index contributed by atoms with van der Waals surface area (Å²) in [6, 6.07) is 29.8. The minimum absolute atomic E-state index is 0.0507. The van der Waals surface area contributed by atoms with Crippen molar-refractivity contribution in [3.63, 3.8) is 0 Å². The minimum atomic E-state index is -1.14. The molecular weight excluding hydrogens is 376 g/mol.